The van der Waals surface area contributed by atoms with Crippen LogP contribution in [-0.2, 0) is 4.79 Å². The van der Waals surface area contributed by atoms with E-state index in [2.05, 4.69) is 5.32 Å². The van der Waals surface area contributed by atoms with Crippen LogP contribution in [0.2, 0.25) is 0 Å². The second-order valence-electron chi connectivity index (χ2n) is 4.69. The molecule has 2 rings (SSSR count). The van der Waals surface area contributed by atoms with Gasteiger partial charge in [-0.15, -0.1) is 0 Å². The van der Waals surface area contributed by atoms with Crippen LogP contribution in [0.3, 0.4) is 0 Å². The molecule has 0 saturated carbocycles. The van der Waals surface area contributed by atoms with Gasteiger partial charge in [0.25, 0.3) is 0 Å². The maximum absolute atomic E-state index is 12.4. The predicted molar refractivity (Wildman–Crippen MR) is 84.2 cm³/mol. The molecule has 0 heterocycles. The van der Waals surface area contributed by atoms with Gasteiger partial charge in [0.1, 0.15) is 0 Å². The van der Waals surface area contributed by atoms with Gasteiger partial charge in [-0.2, -0.15) is 0 Å². The van der Waals surface area contributed by atoms with Gasteiger partial charge in [-0.05, 0) is 36.8 Å². The third-order valence-electron chi connectivity index (χ3n) is 3.03. The van der Waals surface area contributed by atoms with Crippen molar-refractivity contribution in [1.29, 1.82) is 0 Å². The van der Waals surface area contributed by atoms with Gasteiger partial charge < -0.3 is 11.1 Å². The summed E-state index contributed by atoms with van der Waals surface area (Å²) in [6.07, 6.45) is 0. The van der Waals surface area contributed by atoms with Crippen LogP contribution >= 0.6 is 0 Å². The number of anilines is 3. The quantitative estimate of drug-likeness (QED) is 0.831. The molecule has 0 fully saturated rings. The Balaban J connectivity index is 2.29. The number of rotatable bonds is 2. The minimum Gasteiger partial charge on any atom is -0.399 e. The molecule has 2 aromatic rings. The van der Waals surface area contributed by atoms with Crippen LogP contribution in [0.15, 0.2) is 48.5 Å². The summed E-state index contributed by atoms with van der Waals surface area (Å²) in [7, 11) is 0. The number of nitrogens with zero attached hydrogens (tertiary/aromatic N) is 1. The van der Waals surface area contributed by atoms with Crippen molar-refractivity contribution in [3.8, 4) is 0 Å². The van der Waals surface area contributed by atoms with Gasteiger partial charge >= 0.3 is 6.03 Å². The van der Waals surface area contributed by atoms with Gasteiger partial charge in [0.15, 0.2) is 0 Å². The van der Waals surface area contributed by atoms with Crippen molar-refractivity contribution in [3.63, 3.8) is 0 Å². The fourth-order valence-electron chi connectivity index (χ4n) is 1.99. The highest BCUT2D eigenvalue weighted by molar-refractivity contribution is 6.18. The van der Waals surface area contributed by atoms with Gasteiger partial charge in [0.05, 0.1) is 5.69 Å². The Kier molecular flexibility index (Phi) is 4.23. The summed E-state index contributed by atoms with van der Waals surface area (Å²) >= 11 is 0. The minimum absolute atomic E-state index is 0.383. The van der Waals surface area contributed by atoms with Crippen molar-refractivity contribution in [2.45, 2.75) is 13.8 Å². The third kappa shape index (κ3) is 3.39. The Morgan fingerprint density at radius 1 is 1.10 bits per heavy atom. The van der Waals surface area contributed by atoms with E-state index < -0.39 is 6.03 Å². The normalized spacial score (nSPS) is 10.0. The Morgan fingerprint density at radius 2 is 1.81 bits per heavy atom. The summed E-state index contributed by atoms with van der Waals surface area (Å²) in [5.74, 6) is -0.383. The van der Waals surface area contributed by atoms with Crippen LogP contribution in [0.25, 0.3) is 0 Å². The molecule has 3 N–H and O–H groups in total. The number of carbonyl (C=O) groups excluding carboxylic acids is 2. The van der Waals surface area contributed by atoms with Crippen LogP contribution < -0.4 is 16.0 Å². The molecule has 0 atom stereocenters. The second kappa shape index (κ2) is 6.09. The average molecular weight is 283 g/mol. The monoisotopic (exact) mass is 283 g/mol. The molecular formula is C16H17N3O2. The number of imide groups is 1. The predicted octanol–water partition coefficient (Wildman–Crippen LogP) is 3.16. The van der Waals surface area contributed by atoms with E-state index in [1.165, 1.54) is 6.92 Å². The number of hydrogen-bond acceptors (Lipinski definition) is 3. The van der Waals surface area contributed by atoms with E-state index >= 15 is 0 Å². The minimum atomic E-state index is -0.512. The maximum Gasteiger partial charge on any atom is 0.333 e. The largest absolute Gasteiger partial charge is 0.399 e. The first-order valence-corrected chi connectivity index (χ1v) is 6.52. The zero-order chi connectivity index (χ0) is 15.4. The summed E-state index contributed by atoms with van der Waals surface area (Å²) in [5, 5.41) is 2.73. The van der Waals surface area contributed by atoms with Gasteiger partial charge in [-0.3, -0.25) is 4.79 Å². The number of para-hydroxylation sites is 1. The molecule has 108 valence electrons. The number of aryl methyl sites for hydroxylation is 1. The maximum atomic E-state index is 12.4. The standard InChI is InChI=1S/C16H17N3O2/c1-11-6-3-4-9-15(11)18-16(21)19(12(2)20)14-8-5-7-13(17)10-14/h3-10H,17H2,1-2H3,(H,18,21). The zero-order valence-electron chi connectivity index (χ0n) is 12.0. The fourth-order valence-corrected chi connectivity index (χ4v) is 1.99. The van der Waals surface area contributed by atoms with Crippen molar-refractivity contribution in [2.75, 3.05) is 16.0 Å². The SMILES string of the molecule is CC(=O)N(C(=O)Nc1ccccc1C)c1cccc(N)c1. The molecule has 0 aliphatic carbocycles. The Bertz CT molecular complexity index is 683. The average Bonchev–Trinajstić information content (AvgIpc) is 2.41. The lowest BCUT2D eigenvalue weighted by Gasteiger charge is -2.20. The molecule has 5 heteroatoms. The summed E-state index contributed by atoms with van der Waals surface area (Å²) < 4.78 is 0. The van der Waals surface area contributed by atoms with Crippen LogP contribution in [-0.4, -0.2) is 11.9 Å². The Labute approximate surface area is 123 Å². The summed E-state index contributed by atoms with van der Waals surface area (Å²) in [6.45, 7) is 3.22. The van der Waals surface area contributed by atoms with E-state index in [0.717, 1.165) is 10.5 Å². The van der Waals surface area contributed by atoms with E-state index in [0.29, 0.717) is 17.1 Å². The molecule has 0 aromatic heterocycles. The van der Waals surface area contributed by atoms with Crippen molar-refractivity contribution < 1.29 is 9.59 Å². The molecule has 0 unspecified atom stereocenters. The van der Waals surface area contributed by atoms with E-state index in [-0.39, 0.29) is 5.91 Å². The second-order valence-corrected chi connectivity index (χ2v) is 4.69. The van der Waals surface area contributed by atoms with E-state index in [9.17, 15) is 9.59 Å². The van der Waals surface area contributed by atoms with Gasteiger partial charge in [0.2, 0.25) is 5.91 Å². The third-order valence-corrected chi connectivity index (χ3v) is 3.03. The number of carbonyl (C=O) groups is 2. The molecule has 0 aliphatic rings. The number of hydrogen-bond donors (Lipinski definition) is 2. The summed E-state index contributed by atoms with van der Waals surface area (Å²) in [6, 6.07) is 13.5. The lowest BCUT2D eigenvalue weighted by atomic mass is 10.2. The molecule has 0 saturated heterocycles. The first-order chi connectivity index (χ1) is 9.99. The molecule has 21 heavy (non-hydrogen) atoms. The highest BCUT2D eigenvalue weighted by Gasteiger charge is 2.20. The number of nitrogen functional groups attached to an aromatic ring is 1. The van der Waals surface area contributed by atoms with Crippen LogP contribution in [0.1, 0.15) is 12.5 Å². The molecule has 0 aliphatic heterocycles. The number of nitrogens with one attached hydrogen (secondary N) is 1. The van der Waals surface area contributed by atoms with E-state index in [1.807, 2.05) is 25.1 Å². The lowest BCUT2D eigenvalue weighted by Crippen LogP contribution is -2.38. The van der Waals surface area contributed by atoms with Gasteiger partial charge in [-0.25, -0.2) is 9.69 Å². The lowest BCUT2D eigenvalue weighted by molar-refractivity contribution is -0.115. The first-order valence-electron chi connectivity index (χ1n) is 6.52. The molecule has 3 amide bonds. The van der Waals surface area contributed by atoms with E-state index in [1.54, 1.807) is 30.3 Å². The summed E-state index contributed by atoms with van der Waals surface area (Å²) in [5.41, 5.74) is 8.21. The Morgan fingerprint density at radius 3 is 2.43 bits per heavy atom. The smallest absolute Gasteiger partial charge is 0.333 e. The molecule has 0 radical (unpaired) electrons. The van der Waals surface area contributed by atoms with Gasteiger partial charge in [-0.1, -0.05) is 24.3 Å². The highest BCUT2D eigenvalue weighted by Crippen LogP contribution is 2.20. The molecular weight excluding hydrogens is 266 g/mol. The number of nitrogens with two attached hydrogens (primary N) is 1. The molecule has 0 spiro atoms. The molecule has 5 nitrogen and oxygen atoms in total. The number of benzene rings is 2. The van der Waals surface area contributed by atoms with Crippen molar-refractivity contribution in [3.05, 3.63) is 54.1 Å². The van der Waals surface area contributed by atoms with Gasteiger partial charge in [0, 0.05) is 18.3 Å². The number of amides is 3. The van der Waals surface area contributed by atoms with E-state index in [4.69, 9.17) is 5.73 Å². The summed E-state index contributed by atoms with van der Waals surface area (Å²) in [4.78, 5) is 25.2. The van der Waals surface area contributed by atoms with Crippen molar-refractivity contribution in [2.24, 2.45) is 0 Å². The molecule has 0 bridgehead atoms. The first kappa shape index (κ1) is 14.6. The molecule has 2 aromatic carbocycles. The van der Waals surface area contributed by atoms with Crippen molar-refractivity contribution in [1.82, 2.24) is 0 Å². The van der Waals surface area contributed by atoms with Crippen LogP contribution in [0.5, 0.6) is 0 Å². The van der Waals surface area contributed by atoms with Crippen molar-refractivity contribution >= 4 is 29.0 Å². The van der Waals surface area contributed by atoms with Crippen LogP contribution in [0.4, 0.5) is 21.9 Å². The van der Waals surface area contributed by atoms with Crippen LogP contribution in [0, 0.1) is 6.92 Å². The topological polar surface area (TPSA) is 75.4 Å². The highest BCUT2D eigenvalue weighted by atomic mass is 16.2. The Hall–Kier alpha value is -2.82. The fraction of sp³-hybridized carbons (Fsp3) is 0.125. The zero-order valence-corrected chi connectivity index (χ0v) is 12.0. The number of urea groups is 1.